The molecule has 0 aliphatic rings. The summed E-state index contributed by atoms with van der Waals surface area (Å²) in [5, 5.41) is 19.6. The van der Waals surface area contributed by atoms with Crippen molar-refractivity contribution in [3.8, 4) is 11.8 Å². The lowest BCUT2D eigenvalue weighted by molar-refractivity contribution is -0.140. The minimum atomic E-state index is -1.02. The fourth-order valence-electron chi connectivity index (χ4n) is 2.40. The highest BCUT2D eigenvalue weighted by Crippen LogP contribution is 2.18. The average Bonchev–Trinajstić information content (AvgIpc) is 3.10. The van der Waals surface area contributed by atoms with Crippen LogP contribution in [-0.2, 0) is 17.8 Å². The molecule has 1 N–H and O–H groups in total. The second-order valence-electron chi connectivity index (χ2n) is 5.63. The Balaban J connectivity index is 1.65. The minimum absolute atomic E-state index is 0.432. The number of carboxylic acid groups (broad SMARTS) is 1. The highest BCUT2D eigenvalue weighted by Gasteiger charge is 2.15. The van der Waals surface area contributed by atoms with Crippen LogP contribution in [0.4, 0.5) is 0 Å². The van der Waals surface area contributed by atoms with Gasteiger partial charge in [0.2, 0.25) is 0 Å². The zero-order chi connectivity index (χ0) is 17.2. The summed E-state index contributed by atoms with van der Waals surface area (Å²) < 4.78 is 5.73. The molecule has 2 aromatic rings. The van der Waals surface area contributed by atoms with Crippen molar-refractivity contribution in [1.29, 1.82) is 5.26 Å². The molecule has 5 heteroatoms. The molecule has 1 unspecified atom stereocenters. The van der Waals surface area contributed by atoms with E-state index in [9.17, 15) is 4.79 Å². The molecular formula is C19H21NO3S. The SMILES string of the molecule is N#CC(CCCCCc1ccc(OCc2cccs2)cc1)C(=O)O. The first-order chi connectivity index (χ1) is 11.7. The number of nitrogens with zero attached hydrogens (tertiary/aromatic N) is 1. The molecule has 1 atom stereocenters. The number of benzene rings is 1. The van der Waals surface area contributed by atoms with E-state index in [0.29, 0.717) is 13.0 Å². The number of aryl methyl sites for hydroxylation is 1. The summed E-state index contributed by atoms with van der Waals surface area (Å²) >= 11 is 1.68. The van der Waals surface area contributed by atoms with Gasteiger partial charge in [0, 0.05) is 4.88 Å². The Labute approximate surface area is 146 Å². The first kappa shape index (κ1) is 18.0. The van der Waals surface area contributed by atoms with Crippen molar-refractivity contribution in [1.82, 2.24) is 0 Å². The maximum atomic E-state index is 10.7. The molecule has 0 spiro atoms. The monoisotopic (exact) mass is 343 g/mol. The first-order valence-corrected chi connectivity index (χ1v) is 8.93. The zero-order valence-electron chi connectivity index (χ0n) is 13.5. The number of carboxylic acids is 1. The van der Waals surface area contributed by atoms with E-state index in [-0.39, 0.29) is 0 Å². The second-order valence-corrected chi connectivity index (χ2v) is 6.66. The van der Waals surface area contributed by atoms with E-state index in [1.54, 1.807) is 11.3 Å². The van der Waals surface area contributed by atoms with E-state index in [2.05, 4.69) is 18.2 Å². The number of ether oxygens (including phenoxy) is 1. The predicted molar refractivity (Wildman–Crippen MR) is 94.0 cm³/mol. The summed E-state index contributed by atoms with van der Waals surface area (Å²) in [5.41, 5.74) is 1.24. The quantitative estimate of drug-likeness (QED) is 0.637. The van der Waals surface area contributed by atoms with Crippen LogP contribution in [0.15, 0.2) is 41.8 Å². The molecule has 1 aromatic carbocycles. The third-order valence-corrected chi connectivity index (χ3v) is 4.65. The molecule has 1 heterocycles. The molecule has 2 rings (SSSR count). The fraction of sp³-hybridized carbons (Fsp3) is 0.368. The van der Waals surface area contributed by atoms with Crippen LogP contribution in [-0.4, -0.2) is 11.1 Å². The third-order valence-electron chi connectivity index (χ3n) is 3.80. The van der Waals surface area contributed by atoms with Crippen molar-refractivity contribution < 1.29 is 14.6 Å². The lowest BCUT2D eigenvalue weighted by atomic mass is 10.0. The summed E-state index contributed by atoms with van der Waals surface area (Å²) in [4.78, 5) is 11.9. The van der Waals surface area contributed by atoms with E-state index >= 15 is 0 Å². The first-order valence-electron chi connectivity index (χ1n) is 8.05. The Hall–Kier alpha value is -2.32. The average molecular weight is 343 g/mol. The standard InChI is InChI=1S/C19H21NO3S/c20-13-16(19(21)22)6-3-1-2-5-15-8-10-17(11-9-15)23-14-18-7-4-12-24-18/h4,7-12,16H,1-3,5-6,14H2,(H,21,22). The number of hydrogen-bond acceptors (Lipinski definition) is 4. The van der Waals surface area contributed by atoms with Crippen molar-refractivity contribution in [3.05, 3.63) is 52.2 Å². The summed E-state index contributed by atoms with van der Waals surface area (Å²) in [6.07, 6.45) is 4.08. The van der Waals surface area contributed by atoms with Crippen molar-refractivity contribution in [2.24, 2.45) is 5.92 Å². The Bertz CT molecular complexity index is 659. The van der Waals surface area contributed by atoms with Crippen LogP contribution < -0.4 is 4.74 Å². The number of carbonyl (C=O) groups is 1. The van der Waals surface area contributed by atoms with Crippen LogP contribution in [0.25, 0.3) is 0 Å². The Morgan fingerprint density at radius 1 is 1.21 bits per heavy atom. The van der Waals surface area contributed by atoms with Gasteiger partial charge in [-0.25, -0.2) is 0 Å². The fourth-order valence-corrected chi connectivity index (χ4v) is 3.02. The smallest absolute Gasteiger partial charge is 0.320 e. The molecule has 0 fully saturated rings. The van der Waals surface area contributed by atoms with Crippen molar-refractivity contribution in [2.45, 2.75) is 38.7 Å². The predicted octanol–water partition coefficient (Wildman–Crippen LogP) is 4.65. The van der Waals surface area contributed by atoms with Crippen molar-refractivity contribution in [3.63, 3.8) is 0 Å². The number of aliphatic carboxylic acids is 1. The highest BCUT2D eigenvalue weighted by molar-refractivity contribution is 7.09. The van der Waals surface area contributed by atoms with E-state index in [0.717, 1.165) is 31.4 Å². The van der Waals surface area contributed by atoms with Crippen LogP contribution >= 0.6 is 11.3 Å². The van der Waals surface area contributed by atoms with Gasteiger partial charge in [-0.1, -0.05) is 31.0 Å². The van der Waals surface area contributed by atoms with Gasteiger partial charge in [-0.3, -0.25) is 4.79 Å². The van der Waals surface area contributed by atoms with E-state index in [1.807, 2.05) is 29.6 Å². The van der Waals surface area contributed by atoms with Gasteiger partial charge >= 0.3 is 5.97 Å². The van der Waals surface area contributed by atoms with Gasteiger partial charge in [0.15, 0.2) is 0 Å². The van der Waals surface area contributed by atoms with Crippen molar-refractivity contribution >= 4 is 17.3 Å². The van der Waals surface area contributed by atoms with Crippen LogP contribution in [0.2, 0.25) is 0 Å². The van der Waals surface area contributed by atoms with Crippen LogP contribution in [0, 0.1) is 17.2 Å². The van der Waals surface area contributed by atoms with Gasteiger partial charge in [-0.2, -0.15) is 5.26 Å². The minimum Gasteiger partial charge on any atom is -0.488 e. The van der Waals surface area contributed by atoms with Gasteiger partial charge < -0.3 is 9.84 Å². The molecule has 0 aliphatic carbocycles. The summed E-state index contributed by atoms with van der Waals surface area (Å²) in [6, 6.07) is 14.0. The molecule has 0 bridgehead atoms. The molecule has 126 valence electrons. The Morgan fingerprint density at radius 2 is 2.00 bits per heavy atom. The number of nitriles is 1. The zero-order valence-corrected chi connectivity index (χ0v) is 14.3. The van der Waals surface area contributed by atoms with Gasteiger partial charge in [-0.05, 0) is 48.4 Å². The van der Waals surface area contributed by atoms with Gasteiger partial charge in [-0.15, -0.1) is 11.3 Å². The molecule has 24 heavy (non-hydrogen) atoms. The number of hydrogen-bond donors (Lipinski definition) is 1. The second kappa shape index (κ2) is 9.74. The summed E-state index contributed by atoms with van der Waals surface area (Å²) in [5.74, 6) is -1.02. The summed E-state index contributed by atoms with van der Waals surface area (Å²) in [6.45, 7) is 0.598. The number of rotatable bonds is 10. The third kappa shape index (κ3) is 6.05. The Morgan fingerprint density at radius 3 is 2.62 bits per heavy atom. The lowest BCUT2D eigenvalue weighted by Crippen LogP contribution is -2.10. The van der Waals surface area contributed by atoms with Gasteiger partial charge in [0.05, 0.1) is 6.07 Å². The van der Waals surface area contributed by atoms with E-state index in [4.69, 9.17) is 15.1 Å². The molecule has 0 saturated heterocycles. The van der Waals surface area contributed by atoms with Crippen LogP contribution in [0.5, 0.6) is 5.75 Å². The normalized spacial score (nSPS) is 11.6. The maximum absolute atomic E-state index is 10.7. The van der Waals surface area contributed by atoms with Crippen LogP contribution in [0.1, 0.15) is 36.1 Å². The molecule has 0 amide bonds. The maximum Gasteiger partial charge on any atom is 0.320 e. The van der Waals surface area contributed by atoms with Crippen molar-refractivity contribution in [2.75, 3.05) is 0 Å². The van der Waals surface area contributed by atoms with Gasteiger partial charge in [0.25, 0.3) is 0 Å². The lowest BCUT2D eigenvalue weighted by Gasteiger charge is -2.07. The Kier molecular flexibility index (Phi) is 7.31. The largest absolute Gasteiger partial charge is 0.488 e. The molecule has 0 radical (unpaired) electrons. The number of thiophene rings is 1. The van der Waals surface area contributed by atoms with Crippen LogP contribution in [0.3, 0.4) is 0 Å². The number of unbranched alkanes of at least 4 members (excludes halogenated alkanes) is 2. The molecule has 4 nitrogen and oxygen atoms in total. The summed E-state index contributed by atoms with van der Waals surface area (Å²) in [7, 11) is 0. The van der Waals surface area contributed by atoms with E-state index < -0.39 is 11.9 Å². The van der Waals surface area contributed by atoms with E-state index in [1.165, 1.54) is 10.4 Å². The topological polar surface area (TPSA) is 70.3 Å². The molecule has 0 aliphatic heterocycles. The molecule has 0 saturated carbocycles. The molecular weight excluding hydrogens is 322 g/mol. The van der Waals surface area contributed by atoms with Gasteiger partial charge in [0.1, 0.15) is 18.3 Å². The molecule has 1 aromatic heterocycles. The highest BCUT2D eigenvalue weighted by atomic mass is 32.1.